The van der Waals surface area contributed by atoms with Crippen molar-refractivity contribution in [2.75, 3.05) is 23.7 Å². The van der Waals surface area contributed by atoms with Gasteiger partial charge in [-0.15, -0.1) is 0 Å². The Balaban J connectivity index is 2.41. The lowest BCUT2D eigenvalue weighted by Gasteiger charge is -2.14. The van der Waals surface area contributed by atoms with Crippen LogP contribution in [0.4, 0.5) is 11.8 Å². The van der Waals surface area contributed by atoms with Crippen molar-refractivity contribution < 1.29 is 5.11 Å². The molecule has 0 aliphatic heterocycles. The van der Waals surface area contributed by atoms with Gasteiger partial charge in [-0.2, -0.15) is 4.98 Å². The highest BCUT2D eigenvalue weighted by Crippen LogP contribution is 2.08. The molecule has 1 heterocycles. The molecular formula is C13H24N4O. The molecule has 0 bridgehead atoms. The molecule has 0 saturated carbocycles. The molecule has 1 aromatic rings. The van der Waals surface area contributed by atoms with E-state index >= 15 is 0 Å². The molecule has 1 unspecified atom stereocenters. The van der Waals surface area contributed by atoms with Gasteiger partial charge in [0, 0.05) is 19.3 Å². The minimum atomic E-state index is -0.341. The first kappa shape index (κ1) is 14.7. The maximum absolute atomic E-state index is 9.77. The van der Waals surface area contributed by atoms with Gasteiger partial charge in [0.15, 0.2) is 0 Å². The standard InChI is InChI=1S/C13H24N4O/c1-4-6-14-13-15-7-5-12(17-13)16-9-11(18)8-10(2)3/h5,7,10-11,18H,4,6,8-9H2,1-3H3,(H2,14,15,16,17). The summed E-state index contributed by atoms with van der Waals surface area (Å²) in [6.45, 7) is 7.67. The predicted octanol–water partition coefficient (Wildman–Crippen LogP) is 2.12. The van der Waals surface area contributed by atoms with Crippen LogP contribution >= 0.6 is 0 Å². The van der Waals surface area contributed by atoms with Crippen LogP contribution in [0.25, 0.3) is 0 Å². The Hall–Kier alpha value is -1.36. The molecule has 5 nitrogen and oxygen atoms in total. The molecule has 0 aliphatic rings. The first-order valence-corrected chi connectivity index (χ1v) is 6.60. The predicted molar refractivity (Wildman–Crippen MR) is 74.8 cm³/mol. The van der Waals surface area contributed by atoms with Crippen molar-refractivity contribution in [2.24, 2.45) is 5.92 Å². The van der Waals surface area contributed by atoms with E-state index in [1.54, 1.807) is 12.3 Å². The highest BCUT2D eigenvalue weighted by molar-refractivity contribution is 5.39. The highest BCUT2D eigenvalue weighted by Gasteiger charge is 2.07. The summed E-state index contributed by atoms with van der Waals surface area (Å²) < 4.78 is 0. The Morgan fingerprint density at radius 2 is 2.11 bits per heavy atom. The van der Waals surface area contributed by atoms with Gasteiger partial charge in [0.05, 0.1) is 6.10 Å². The van der Waals surface area contributed by atoms with Gasteiger partial charge >= 0.3 is 0 Å². The van der Waals surface area contributed by atoms with Gasteiger partial charge in [-0.05, 0) is 24.8 Å². The van der Waals surface area contributed by atoms with E-state index in [1.165, 1.54) is 0 Å². The number of nitrogens with zero attached hydrogens (tertiary/aromatic N) is 2. The normalized spacial score (nSPS) is 12.5. The first-order valence-electron chi connectivity index (χ1n) is 6.60. The van der Waals surface area contributed by atoms with Crippen LogP contribution in [0.2, 0.25) is 0 Å². The molecule has 3 N–H and O–H groups in total. The number of hydrogen-bond acceptors (Lipinski definition) is 5. The van der Waals surface area contributed by atoms with Crippen molar-refractivity contribution in [1.29, 1.82) is 0 Å². The number of aliphatic hydroxyl groups is 1. The average molecular weight is 252 g/mol. The van der Waals surface area contributed by atoms with Gasteiger partial charge in [0.1, 0.15) is 5.82 Å². The van der Waals surface area contributed by atoms with Crippen LogP contribution in [0.5, 0.6) is 0 Å². The number of anilines is 2. The third kappa shape index (κ3) is 5.82. The number of aliphatic hydroxyl groups excluding tert-OH is 1. The van der Waals surface area contributed by atoms with E-state index in [1.807, 2.05) is 0 Å². The van der Waals surface area contributed by atoms with Crippen LogP contribution in [0.1, 0.15) is 33.6 Å². The van der Waals surface area contributed by atoms with Crippen LogP contribution in [-0.2, 0) is 0 Å². The Morgan fingerprint density at radius 1 is 1.33 bits per heavy atom. The van der Waals surface area contributed by atoms with Crippen LogP contribution in [-0.4, -0.2) is 34.3 Å². The van der Waals surface area contributed by atoms with Gasteiger partial charge in [0.25, 0.3) is 0 Å². The summed E-state index contributed by atoms with van der Waals surface area (Å²) in [7, 11) is 0. The highest BCUT2D eigenvalue weighted by atomic mass is 16.3. The largest absolute Gasteiger partial charge is 0.391 e. The lowest BCUT2D eigenvalue weighted by atomic mass is 10.1. The van der Waals surface area contributed by atoms with Crippen LogP contribution < -0.4 is 10.6 Å². The van der Waals surface area contributed by atoms with Gasteiger partial charge in [-0.3, -0.25) is 0 Å². The number of rotatable bonds is 8. The van der Waals surface area contributed by atoms with Crippen molar-refractivity contribution in [3.63, 3.8) is 0 Å². The van der Waals surface area contributed by atoms with E-state index in [0.29, 0.717) is 18.4 Å². The molecule has 0 spiro atoms. The Morgan fingerprint density at radius 3 is 2.78 bits per heavy atom. The third-order valence-electron chi connectivity index (χ3n) is 2.45. The Kier molecular flexibility index (Phi) is 6.43. The summed E-state index contributed by atoms with van der Waals surface area (Å²) in [6.07, 6.45) is 3.20. The lowest BCUT2D eigenvalue weighted by Crippen LogP contribution is -2.21. The molecular weight excluding hydrogens is 228 g/mol. The summed E-state index contributed by atoms with van der Waals surface area (Å²) in [6, 6.07) is 1.80. The summed E-state index contributed by atoms with van der Waals surface area (Å²) in [5, 5.41) is 16.0. The van der Waals surface area contributed by atoms with Gasteiger partial charge in [0.2, 0.25) is 5.95 Å². The Bertz CT molecular complexity index is 344. The molecule has 0 fully saturated rings. The van der Waals surface area contributed by atoms with E-state index in [-0.39, 0.29) is 6.10 Å². The van der Waals surface area contributed by atoms with Crippen LogP contribution in [0, 0.1) is 5.92 Å². The molecule has 18 heavy (non-hydrogen) atoms. The number of aromatic nitrogens is 2. The van der Waals surface area contributed by atoms with Crippen LogP contribution in [0.15, 0.2) is 12.3 Å². The zero-order chi connectivity index (χ0) is 13.4. The van der Waals surface area contributed by atoms with E-state index in [2.05, 4.69) is 41.4 Å². The molecule has 0 aliphatic carbocycles. The monoisotopic (exact) mass is 252 g/mol. The summed E-state index contributed by atoms with van der Waals surface area (Å²) in [4.78, 5) is 8.44. The summed E-state index contributed by atoms with van der Waals surface area (Å²) >= 11 is 0. The topological polar surface area (TPSA) is 70.1 Å². The fraction of sp³-hybridized carbons (Fsp3) is 0.692. The second kappa shape index (κ2) is 7.87. The van der Waals surface area contributed by atoms with Crippen molar-refractivity contribution in [3.05, 3.63) is 12.3 Å². The molecule has 102 valence electrons. The molecule has 0 aromatic carbocycles. The van der Waals surface area contributed by atoms with E-state index in [9.17, 15) is 5.11 Å². The number of nitrogens with one attached hydrogen (secondary N) is 2. The number of hydrogen-bond donors (Lipinski definition) is 3. The van der Waals surface area contributed by atoms with Gasteiger partial charge in [-0.1, -0.05) is 20.8 Å². The van der Waals surface area contributed by atoms with Crippen molar-refractivity contribution in [2.45, 2.75) is 39.7 Å². The van der Waals surface area contributed by atoms with Gasteiger partial charge < -0.3 is 15.7 Å². The minimum Gasteiger partial charge on any atom is -0.391 e. The maximum Gasteiger partial charge on any atom is 0.224 e. The van der Waals surface area contributed by atoms with E-state index in [4.69, 9.17) is 0 Å². The van der Waals surface area contributed by atoms with Crippen molar-refractivity contribution in [1.82, 2.24) is 9.97 Å². The first-order chi connectivity index (χ1) is 8.61. The molecule has 0 radical (unpaired) electrons. The van der Waals surface area contributed by atoms with Crippen LogP contribution in [0.3, 0.4) is 0 Å². The molecule has 0 amide bonds. The summed E-state index contributed by atoms with van der Waals surface area (Å²) in [5.74, 6) is 1.86. The third-order valence-corrected chi connectivity index (χ3v) is 2.45. The average Bonchev–Trinajstić information content (AvgIpc) is 2.33. The Labute approximate surface area is 109 Å². The quantitative estimate of drug-likeness (QED) is 0.661. The molecule has 1 aromatic heterocycles. The van der Waals surface area contributed by atoms with Gasteiger partial charge in [-0.25, -0.2) is 4.98 Å². The SMILES string of the molecule is CCCNc1nccc(NCC(O)CC(C)C)n1. The minimum absolute atomic E-state index is 0.341. The van der Waals surface area contributed by atoms with Crippen molar-refractivity contribution >= 4 is 11.8 Å². The fourth-order valence-electron chi connectivity index (χ4n) is 1.63. The van der Waals surface area contributed by atoms with Crippen molar-refractivity contribution in [3.8, 4) is 0 Å². The lowest BCUT2D eigenvalue weighted by molar-refractivity contribution is 0.161. The smallest absolute Gasteiger partial charge is 0.224 e. The van der Waals surface area contributed by atoms with E-state index < -0.39 is 0 Å². The second-order valence-electron chi connectivity index (χ2n) is 4.86. The maximum atomic E-state index is 9.77. The molecule has 0 saturated heterocycles. The summed E-state index contributed by atoms with van der Waals surface area (Å²) in [5.41, 5.74) is 0. The molecule has 5 heteroatoms. The zero-order valence-electron chi connectivity index (χ0n) is 11.5. The molecule has 1 rings (SSSR count). The molecule has 1 atom stereocenters. The zero-order valence-corrected chi connectivity index (χ0v) is 11.5. The van der Waals surface area contributed by atoms with E-state index in [0.717, 1.165) is 25.2 Å². The second-order valence-corrected chi connectivity index (χ2v) is 4.86. The fourth-order valence-corrected chi connectivity index (χ4v) is 1.63.